The molecule has 0 aromatic heterocycles. The van der Waals surface area contributed by atoms with Crippen LogP contribution in [0.1, 0.15) is 12.0 Å². The summed E-state index contributed by atoms with van der Waals surface area (Å²) in [6.07, 6.45) is 0.402. The molecule has 0 atom stereocenters. The zero-order valence-corrected chi connectivity index (χ0v) is 14.8. The van der Waals surface area contributed by atoms with Crippen molar-refractivity contribution in [1.29, 1.82) is 0 Å². The lowest BCUT2D eigenvalue weighted by Gasteiger charge is -2.13. The van der Waals surface area contributed by atoms with Crippen LogP contribution in [0.4, 0.5) is 27.6 Å². The largest absolute Gasteiger partial charge is 0.309 e. The number of hydrogen-bond donors (Lipinski definition) is 1. The van der Waals surface area contributed by atoms with E-state index in [0.29, 0.717) is 24.2 Å². The van der Waals surface area contributed by atoms with Gasteiger partial charge in [0.25, 0.3) is 0 Å². The minimum atomic E-state index is -2.21. The zero-order chi connectivity index (χ0) is 18.6. The summed E-state index contributed by atoms with van der Waals surface area (Å²) >= 11 is 0. The predicted molar refractivity (Wildman–Crippen MR) is 93.3 cm³/mol. The highest BCUT2D eigenvalue weighted by Crippen LogP contribution is 2.27. The summed E-state index contributed by atoms with van der Waals surface area (Å²) in [6.45, 7) is 0.576. The first kappa shape index (κ1) is 21.9. The van der Waals surface area contributed by atoms with E-state index in [0.717, 1.165) is 0 Å². The number of benzene rings is 2. The van der Waals surface area contributed by atoms with Crippen molar-refractivity contribution in [1.82, 2.24) is 4.90 Å². The van der Waals surface area contributed by atoms with E-state index in [1.165, 1.54) is 0 Å². The van der Waals surface area contributed by atoms with Crippen LogP contribution in [0, 0.1) is 29.1 Å². The van der Waals surface area contributed by atoms with Gasteiger partial charge in [0.1, 0.15) is 5.69 Å². The lowest BCUT2D eigenvalue weighted by Crippen LogP contribution is -2.18. The topological polar surface area (TPSA) is 27.6 Å². The maximum atomic E-state index is 13.7. The quantitative estimate of drug-likeness (QED) is 0.256. The minimum Gasteiger partial charge on any atom is -0.309 e. The lowest BCUT2D eigenvalue weighted by atomic mass is 10.1. The second kappa shape index (κ2) is 9.49. The van der Waals surface area contributed by atoms with E-state index in [2.05, 4.69) is 5.10 Å². The Bertz CT molecular complexity index is 753. The Morgan fingerprint density at radius 2 is 1.38 bits per heavy atom. The molecule has 142 valence electrons. The lowest BCUT2D eigenvalue weighted by molar-refractivity contribution is 0.381. The van der Waals surface area contributed by atoms with E-state index in [1.807, 2.05) is 24.4 Å². The third-order valence-corrected chi connectivity index (χ3v) is 3.42. The smallest absolute Gasteiger partial charge is 0.200 e. The highest BCUT2D eigenvalue weighted by atomic mass is 35.5. The van der Waals surface area contributed by atoms with Crippen LogP contribution in [-0.4, -0.2) is 31.3 Å². The standard InChI is InChI=1S/C17H16F5N3.ClH/c1-25(2)9-8-11(10-6-4-3-5-7-10)23-24-17-15(21)13(19)12(18)14(20)16(17)22;/h3-7,24H,8-9H2,1-2H3;1H/b23-11+;. The fourth-order valence-electron chi connectivity index (χ4n) is 2.05. The molecule has 0 heterocycles. The molecule has 0 saturated carbocycles. The molecule has 3 nitrogen and oxygen atoms in total. The van der Waals surface area contributed by atoms with E-state index in [9.17, 15) is 22.0 Å². The molecule has 2 aromatic rings. The molecule has 0 saturated heterocycles. The molecule has 9 heteroatoms. The number of anilines is 1. The zero-order valence-electron chi connectivity index (χ0n) is 14.0. The van der Waals surface area contributed by atoms with Gasteiger partial charge >= 0.3 is 0 Å². The summed E-state index contributed by atoms with van der Waals surface area (Å²) in [5.41, 5.74) is 1.88. The highest BCUT2D eigenvalue weighted by Gasteiger charge is 2.25. The van der Waals surface area contributed by atoms with E-state index in [-0.39, 0.29) is 12.4 Å². The Kier molecular flexibility index (Phi) is 7.98. The molecule has 0 radical (unpaired) electrons. The number of halogens is 6. The SMILES string of the molecule is CN(C)CC/C(=N\Nc1c(F)c(F)c(F)c(F)c1F)c1ccccc1.Cl. The van der Waals surface area contributed by atoms with Crippen LogP contribution in [-0.2, 0) is 0 Å². The monoisotopic (exact) mass is 393 g/mol. The second-order valence-corrected chi connectivity index (χ2v) is 5.53. The van der Waals surface area contributed by atoms with Crippen LogP contribution in [0.5, 0.6) is 0 Å². The molecule has 2 rings (SSSR count). The van der Waals surface area contributed by atoms with Crippen molar-refractivity contribution in [2.24, 2.45) is 5.10 Å². The molecule has 0 aliphatic rings. The van der Waals surface area contributed by atoms with Gasteiger partial charge in [-0.1, -0.05) is 30.3 Å². The first-order valence-corrected chi connectivity index (χ1v) is 7.37. The van der Waals surface area contributed by atoms with Gasteiger partial charge in [0.05, 0.1) is 5.71 Å². The summed E-state index contributed by atoms with van der Waals surface area (Å²) in [6, 6.07) is 8.74. The van der Waals surface area contributed by atoms with Crippen LogP contribution in [0.3, 0.4) is 0 Å². The van der Waals surface area contributed by atoms with Crippen LogP contribution < -0.4 is 5.43 Å². The molecular formula is C17H17ClF5N3. The van der Waals surface area contributed by atoms with Crippen molar-refractivity contribution < 1.29 is 22.0 Å². The Morgan fingerprint density at radius 3 is 1.88 bits per heavy atom. The number of hydrazone groups is 1. The number of hydrogen-bond acceptors (Lipinski definition) is 3. The average Bonchev–Trinajstić information content (AvgIpc) is 2.61. The Hall–Kier alpha value is -2.19. The van der Waals surface area contributed by atoms with Crippen molar-refractivity contribution in [3.05, 3.63) is 65.0 Å². The fourth-order valence-corrected chi connectivity index (χ4v) is 2.05. The number of rotatable bonds is 6. The molecular weight excluding hydrogens is 377 g/mol. The van der Waals surface area contributed by atoms with Crippen molar-refractivity contribution in [3.63, 3.8) is 0 Å². The van der Waals surface area contributed by atoms with Crippen molar-refractivity contribution in [2.75, 3.05) is 26.1 Å². The Balaban J connectivity index is 0.00000338. The van der Waals surface area contributed by atoms with Gasteiger partial charge in [-0.15, -0.1) is 12.4 Å². The van der Waals surface area contributed by atoms with Crippen LogP contribution >= 0.6 is 12.4 Å². The number of nitrogens with one attached hydrogen (secondary N) is 1. The van der Waals surface area contributed by atoms with Gasteiger partial charge in [-0.05, 0) is 19.7 Å². The molecule has 26 heavy (non-hydrogen) atoms. The maximum absolute atomic E-state index is 13.7. The van der Waals surface area contributed by atoms with Gasteiger partial charge in [-0.3, -0.25) is 5.43 Å². The van der Waals surface area contributed by atoms with Crippen LogP contribution in [0.15, 0.2) is 35.4 Å². The molecule has 0 aliphatic carbocycles. The maximum Gasteiger partial charge on any atom is 0.200 e. The molecule has 0 unspecified atom stereocenters. The minimum absolute atomic E-state index is 0. The molecule has 0 spiro atoms. The van der Waals surface area contributed by atoms with Gasteiger partial charge in [-0.25, -0.2) is 22.0 Å². The number of nitrogens with zero attached hydrogens (tertiary/aromatic N) is 2. The van der Waals surface area contributed by atoms with Crippen molar-refractivity contribution in [3.8, 4) is 0 Å². The molecule has 0 amide bonds. The van der Waals surface area contributed by atoms with Gasteiger partial charge < -0.3 is 4.90 Å². The van der Waals surface area contributed by atoms with Gasteiger partial charge in [0, 0.05) is 13.0 Å². The summed E-state index contributed by atoms with van der Waals surface area (Å²) in [7, 11) is 3.67. The summed E-state index contributed by atoms with van der Waals surface area (Å²) in [5.74, 6) is -10.2. The van der Waals surface area contributed by atoms with E-state index >= 15 is 0 Å². The van der Waals surface area contributed by atoms with E-state index in [1.54, 1.807) is 30.3 Å². The van der Waals surface area contributed by atoms with Crippen molar-refractivity contribution in [2.45, 2.75) is 6.42 Å². The average molecular weight is 394 g/mol. The molecule has 0 aliphatic heterocycles. The second-order valence-electron chi connectivity index (χ2n) is 5.53. The molecule has 0 bridgehead atoms. The highest BCUT2D eigenvalue weighted by molar-refractivity contribution is 6.01. The van der Waals surface area contributed by atoms with E-state index < -0.39 is 34.8 Å². The summed E-state index contributed by atoms with van der Waals surface area (Å²) in [5, 5.41) is 3.87. The molecule has 1 N–H and O–H groups in total. The fraction of sp³-hybridized carbons (Fsp3) is 0.235. The summed E-state index contributed by atoms with van der Waals surface area (Å²) < 4.78 is 67.0. The first-order valence-electron chi connectivity index (χ1n) is 7.37. The van der Waals surface area contributed by atoms with Crippen LogP contribution in [0.25, 0.3) is 0 Å². The Labute approximate surface area is 153 Å². The predicted octanol–water partition coefficient (Wildman–Crippen LogP) is 4.57. The normalized spacial score (nSPS) is 11.5. The molecule has 2 aromatic carbocycles. The first-order chi connectivity index (χ1) is 11.8. The van der Waals surface area contributed by atoms with Crippen LogP contribution in [0.2, 0.25) is 0 Å². The molecule has 0 fully saturated rings. The van der Waals surface area contributed by atoms with Gasteiger partial charge in [-0.2, -0.15) is 5.10 Å². The Morgan fingerprint density at radius 1 is 0.885 bits per heavy atom. The summed E-state index contributed by atoms with van der Waals surface area (Å²) in [4.78, 5) is 1.87. The third-order valence-electron chi connectivity index (χ3n) is 3.42. The van der Waals surface area contributed by atoms with Crippen molar-refractivity contribution >= 4 is 23.8 Å². The van der Waals surface area contributed by atoms with Gasteiger partial charge in [0.15, 0.2) is 23.3 Å². The van der Waals surface area contributed by atoms with Gasteiger partial charge in [0.2, 0.25) is 5.82 Å². The van der Waals surface area contributed by atoms with E-state index in [4.69, 9.17) is 0 Å². The third kappa shape index (κ3) is 4.92.